The van der Waals surface area contributed by atoms with Crippen LogP contribution in [-0.2, 0) is 4.74 Å². The van der Waals surface area contributed by atoms with Gasteiger partial charge in [0.1, 0.15) is 5.52 Å². The van der Waals surface area contributed by atoms with Crippen molar-refractivity contribution in [3.8, 4) is 10.7 Å². The molecule has 0 aromatic carbocycles. The number of pyridine rings is 1. The van der Waals surface area contributed by atoms with E-state index in [2.05, 4.69) is 27.1 Å². The molecule has 1 unspecified atom stereocenters. The molecule has 4 heterocycles. The molecule has 0 aliphatic carbocycles. The summed E-state index contributed by atoms with van der Waals surface area (Å²) in [7, 11) is 0. The number of rotatable bonds is 2. The minimum Gasteiger partial charge on any atom is -0.379 e. The minimum absolute atomic E-state index is 0.344. The Hall–Kier alpha value is -1.72. The Morgan fingerprint density at radius 1 is 1.32 bits per heavy atom. The SMILES string of the molecule is c1csc(-c2nc3cccnc3n2C2CCOC2)c1. The maximum absolute atomic E-state index is 5.53. The largest absolute Gasteiger partial charge is 0.379 e. The summed E-state index contributed by atoms with van der Waals surface area (Å²) in [4.78, 5) is 10.4. The molecule has 0 saturated carbocycles. The van der Waals surface area contributed by atoms with Gasteiger partial charge in [0.15, 0.2) is 11.5 Å². The molecule has 1 saturated heterocycles. The highest BCUT2D eigenvalue weighted by Gasteiger charge is 2.24. The van der Waals surface area contributed by atoms with Gasteiger partial charge >= 0.3 is 0 Å². The smallest absolute Gasteiger partial charge is 0.160 e. The van der Waals surface area contributed by atoms with Crippen LogP contribution in [0.25, 0.3) is 21.9 Å². The lowest BCUT2D eigenvalue weighted by molar-refractivity contribution is 0.187. The van der Waals surface area contributed by atoms with Crippen molar-refractivity contribution in [1.82, 2.24) is 14.5 Å². The van der Waals surface area contributed by atoms with Crippen molar-refractivity contribution in [2.75, 3.05) is 13.2 Å². The molecule has 1 atom stereocenters. The molecule has 1 fully saturated rings. The fourth-order valence-electron chi connectivity index (χ4n) is 2.58. The predicted octanol–water partition coefficient (Wildman–Crippen LogP) is 3.12. The first-order valence-electron chi connectivity index (χ1n) is 6.38. The summed E-state index contributed by atoms with van der Waals surface area (Å²) in [6, 6.07) is 8.46. The van der Waals surface area contributed by atoms with Gasteiger partial charge in [0, 0.05) is 12.8 Å². The molecule has 0 amide bonds. The number of hydrogen-bond acceptors (Lipinski definition) is 4. The molecular weight excluding hydrogens is 258 g/mol. The van der Waals surface area contributed by atoms with Gasteiger partial charge in [0.2, 0.25) is 0 Å². The van der Waals surface area contributed by atoms with Gasteiger partial charge in [-0.25, -0.2) is 9.97 Å². The van der Waals surface area contributed by atoms with E-state index in [9.17, 15) is 0 Å². The summed E-state index contributed by atoms with van der Waals surface area (Å²) in [6.45, 7) is 1.57. The molecule has 3 aromatic heterocycles. The molecule has 3 aromatic rings. The lowest BCUT2D eigenvalue weighted by atomic mass is 10.2. The predicted molar refractivity (Wildman–Crippen MR) is 75.3 cm³/mol. The van der Waals surface area contributed by atoms with Gasteiger partial charge in [0.05, 0.1) is 17.5 Å². The fraction of sp³-hybridized carbons (Fsp3) is 0.286. The second-order valence-electron chi connectivity index (χ2n) is 4.65. The molecule has 4 rings (SSSR count). The zero-order valence-corrected chi connectivity index (χ0v) is 11.1. The molecule has 4 nitrogen and oxygen atoms in total. The van der Waals surface area contributed by atoms with Crippen molar-refractivity contribution in [2.24, 2.45) is 0 Å². The van der Waals surface area contributed by atoms with Crippen molar-refractivity contribution in [3.05, 3.63) is 35.8 Å². The normalized spacial score (nSPS) is 19.3. The van der Waals surface area contributed by atoms with Gasteiger partial charge in [-0.15, -0.1) is 11.3 Å². The third-order valence-electron chi connectivity index (χ3n) is 3.46. The number of imidazole rings is 1. The molecule has 0 N–H and O–H groups in total. The number of fused-ring (bicyclic) bond motifs is 1. The maximum Gasteiger partial charge on any atom is 0.160 e. The summed E-state index contributed by atoms with van der Waals surface area (Å²) < 4.78 is 7.77. The third kappa shape index (κ3) is 1.77. The Bertz CT molecular complexity index is 699. The lowest BCUT2D eigenvalue weighted by Gasteiger charge is -2.13. The van der Waals surface area contributed by atoms with Crippen LogP contribution < -0.4 is 0 Å². The van der Waals surface area contributed by atoms with Gasteiger partial charge in [-0.3, -0.25) is 0 Å². The van der Waals surface area contributed by atoms with Crippen LogP contribution in [0.5, 0.6) is 0 Å². The van der Waals surface area contributed by atoms with Gasteiger partial charge in [-0.1, -0.05) is 6.07 Å². The molecule has 0 spiro atoms. The summed E-state index contributed by atoms with van der Waals surface area (Å²) >= 11 is 1.71. The Balaban J connectivity index is 1.98. The third-order valence-corrected chi connectivity index (χ3v) is 4.33. The second-order valence-corrected chi connectivity index (χ2v) is 5.59. The quantitative estimate of drug-likeness (QED) is 0.719. The minimum atomic E-state index is 0.344. The van der Waals surface area contributed by atoms with Gasteiger partial charge in [-0.05, 0) is 30.0 Å². The molecule has 0 radical (unpaired) electrons. The van der Waals surface area contributed by atoms with Crippen LogP contribution in [0.15, 0.2) is 35.8 Å². The summed E-state index contributed by atoms with van der Waals surface area (Å²) in [5.74, 6) is 1.01. The Kier molecular flexibility index (Phi) is 2.60. The van der Waals surface area contributed by atoms with Crippen molar-refractivity contribution in [2.45, 2.75) is 12.5 Å². The molecule has 5 heteroatoms. The maximum atomic E-state index is 5.53. The van der Waals surface area contributed by atoms with Gasteiger partial charge < -0.3 is 9.30 Å². The average Bonchev–Trinajstić information content (AvgIpc) is 3.17. The Morgan fingerprint density at radius 3 is 3.11 bits per heavy atom. The van der Waals surface area contributed by atoms with E-state index in [0.29, 0.717) is 6.04 Å². The standard InChI is InChI=1S/C14H13N3OS/c1-3-11-13(15-6-1)17(10-5-7-18-9-10)14(16-11)12-4-2-8-19-12/h1-4,6,8,10H,5,7,9H2. The Labute approximate surface area is 114 Å². The number of hydrogen-bond donors (Lipinski definition) is 0. The van der Waals surface area contributed by atoms with E-state index in [1.54, 1.807) is 11.3 Å². The Morgan fingerprint density at radius 2 is 2.32 bits per heavy atom. The van der Waals surface area contributed by atoms with Crippen LogP contribution in [0.2, 0.25) is 0 Å². The molecule has 1 aliphatic rings. The van der Waals surface area contributed by atoms with Crippen LogP contribution in [0.1, 0.15) is 12.5 Å². The van der Waals surface area contributed by atoms with E-state index >= 15 is 0 Å². The number of nitrogens with zero attached hydrogens (tertiary/aromatic N) is 3. The van der Waals surface area contributed by atoms with Crippen LogP contribution in [0, 0.1) is 0 Å². The average molecular weight is 271 g/mol. The molecule has 96 valence electrons. The molecule has 19 heavy (non-hydrogen) atoms. The molecule has 0 bridgehead atoms. The second kappa shape index (κ2) is 4.43. The van der Waals surface area contributed by atoms with Crippen LogP contribution in [-0.4, -0.2) is 27.7 Å². The van der Waals surface area contributed by atoms with Crippen molar-refractivity contribution in [1.29, 1.82) is 0 Å². The number of aromatic nitrogens is 3. The van der Waals surface area contributed by atoms with E-state index in [1.165, 1.54) is 4.88 Å². The highest BCUT2D eigenvalue weighted by molar-refractivity contribution is 7.13. The summed E-state index contributed by atoms with van der Waals surface area (Å²) in [6.07, 6.45) is 2.86. The van der Waals surface area contributed by atoms with E-state index < -0.39 is 0 Å². The summed E-state index contributed by atoms with van der Waals surface area (Å²) in [5.41, 5.74) is 1.92. The van der Waals surface area contributed by atoms with Crippen molar-refractivity contribution in [3.63, 3.8) is 0 Å². The number of thiophene rings is 1. The first-order chi connectivity index (χ1) is 9.43. The molecule has 1 aliphatic heterocycles. The lowest BCUT2D eigenvalue weighted by Crippen LogP contribution is -2.10. The van der Waals surface area contributed by atoms with Crippen molar-refractivity contribution < 1.29 is 4.74 Å². The first kappa shape index (κ1) is 11.1. The topological polar surface area (TPSA) is 39.9 Å². The first-order valence-corrected chi connectivity index (χ1v) is 7.26. The zero-order valence-electron chi connectivity index (χ0n) is 10.3. The molecular formula is C14H13N3OS. The summed E-state index contributed by atoms with van der Waals surface area (Å²) in [5, 5.41) is 2.08. The van der Waals surface area contributed by atoms with Gasteiger partial charge in [-0.2, -0.15) is 0 Å². The van der Waals surface area contributed by atoms with Gasteiger partial charge in [0.25, 0.3) is 0 Å². The van der Waals surface area contributed by atoms with Crippen LogP contribution in [0.4, 0.5) is 0 Å². The fourth-order valence-corrected chi connectivity index (χ4v) is 3.29. The monoisotopic (exact) mass is 271 g/mol. The van der Waals surface area contributed by atoms with E-state index in [4.69, 9.17) is 9.72 Å². The van der Waals surface area contributed by atoms with E-state index in [1.807, 2.05) is 18.3 Å². The van der Waals surface area contributed by atoms with Crippen molar-refractivity contribution >= 4 is 22.5 Å². The number of ether oxygens (including phenoxy) is 1. The highest BCUT2D eigenvalue weighted by atomic mass is 32.1. The van der Waals surface area contributed by atoms with Crippen LogP contribution >= 0.6 is 11.3 Å². The van der Waals surface area contributed by atoms with E-state index in [0.717, 1.165) is 36.6 Å². The zero-order chi connectivity index (χ0) is 12.7. The highest BCUT2D eigenvalue weighted by Crippen LogP contribution is 2.32. The van der Waals surface area contributed by atoms with E-state index in [-0.39, 0.29) is 0 Å². The van der Waals surface area contributed by atoms with Crippen LogP contribution in [0.3, 0.4) is 0 Å².